The molecule has 2 amide bonds. The number of amides is 2. The molecule has 15 rings (SSSR count). The second kappa shape index (κ2) is 39.4. The van der Waals surface area contributed by atoms with Gasteiger partial charge in [0.1, 0.15) is 20.9 Å². The van der Waals surface area contributed by atoms with E-state index in [1.807, 2.05) is 56.9 Å². The molecule has 6 fully saturated rings. The van der Waals surface area contributed by atoms with Gasteiger partial charge >= 0.3 is 0 Å². The number of aryl methyl sites for hydroxylation is 8. The Kier molecular flexibility index (Phi) is 28.7. The van der Waals surface area contributed by atoms with Gasteiger partial charge in [0.05, 0.1) is 50.7 Å². The van der Waals surface area contributed by atoms with Crippen LogP contribution in [0.25, 0.3) is 0 Å². The Bertz CT molecular complexity index is 4710. The van der Waals surface area contributed by atoms with Crippen LogP contribution in [0, 0.1) is 61.2 Å². The molecule has 3 aromatic carbocycles. The third kappa shape index (κ3) is 22.5. The van der Waals surface area contributed by atoms with Crippen molar-refractivity contribution in [3.8, 4) is 0 Å². The van der Waals surface area contributed by atoms with Gasteiger partial charge in [0.25, 0.3) is 0 Å². The first-order valence-electron chi connectivity index (χ1n) is 39.9. The zero-order valence-corrected chi connectivity index (χ0v) is 68.8. The minimum absolute atomic E-state index is 0.250. The van der Waals surface area contributed by atoms with Gasteiger partial charge in [-0.2, -0.15) is 30.2 Å². The smallest absolute Gasteiger partial charge is 0.229 e. The molecule has 608 valence electrons. The molecule has 0 saturated carbocycles. The highest BCUT2D eigenvalue weighted by Gasteiger charge is 2.31. The molecule has 0 aliphatic carbocycles. The van der Waals surface area contributed by atoms with Gasteiger partial charge in [-0.15, -0.1) is 0 Å². The van der Waals surface area contributed by atoms with Gasteiger partial charge in [-0.1, -0.05) is 46.9 Å². The number of aromatic nitrogens is 12. The van der Waals surface area contributed by atoms with Crippen LogP contribution >= 0.6 is 34.8 Å². The molecule has 32 heteroatoms. The van der Waals surface area contributed by atoms with Gasteiger partial charge in [-0.3, -0.25) is 34.7 Å². The Balaban J connectivity index is 0.000000150. The first kappa shape index (κ1) is 82.8. The number of piperidine rings is 3. The summed E-state index contributed by atoms with van der Waals surface area (Å²) in [5, 5.41) is 41.4. The van der Waals surface area contributed by atoms with Gasteiger partial charge in [0.15, 0.2) is 34.9 Å². The normalized spacial score (nSPS) is 17.2. The molecular formula is C82H107Cl3FN23O5. The van der Waals surface area contributed by atoms with Crippen LogP contribution in [-0.4, -0.2) is 221 Å². The maximum Gasteiger partial charge on any atom is 0.229 e. The summed E-state index contributed by atoms with van der Waals surface area (Å²) in [5.74, 6) is 5.89. The molecular weight excluding hydrogens is 1510 g/mol. The summed E-state index contributed by atoms with van der Waals surface area (Å²) in [4.78, 5) is 63.5. The van der Waals surface area contributed by atoms with E-state index in [-0.39, 0.29) is 17.7 Å². The number of hydrogen-bond donors (Lipinski definition) is 9. The monoisotopic (exact) mass is 1620 g/mol. The fraction of sp³-hybridized carbons (Fsp3) is 0.500. The lowest BCUT2D eigenvalue weighted by atomic mass is 9.85. The number of morpholine rings is 2. The van der Waals surface area contributed by atoms with Gasteiger partial charge in [-0.05, 0) is 219 Å². The molecule has 0 atom stereocenters. The molecule has 6 aliphatic heterocycles. The van der Waals surface area contributed by atoms with Crippen LogP contribution in [0.15, 0.2) is 73.2 Å². The van der Waals surface area contributed by atoms with Crippen molar-refractivity contribution in [1.82, 2.24) is 85.0 Å². The van der Waals surface area contributed by atoms with Crippen molar-refractivity contribution in [2.24, 2.45) is 0 Å². The summed E-state index contributed by atoms with van der Waals surface area (Å²) in [5.41, 5.74) is 14.6. The zero-order chi connectivity index (χ0) is 79.8. The fourth-order valence-electron chi connectivity index (χ4n) is 16.0. The van der Waals surface area contributed by atoms with Crippen molar-refractivity contribution in [3.63, 3.8) is 0 Å². The minimum Gasteiger partial charge on any atom is -0.381 e. The average molecular weight is 1620 g/mol. The van der Waals surface area contributed by atoms with Crippen molar-refractivity contribution in [3.05, 3.63) is 156 Å². The van der Waals surface area contributed by atoms with Crippen LogP contribution in [0.3, 0.4) is 0 Å². The highest BCUT2D eigenvalue weighted by molar-refractivity contribution is 6.33. The number of ether oxygens (including phenoxy) is 3. The molecule has 9 N–H and O–H groups in total. The molecule has 9 aromatic rings. The Labute approximate surface area is 681 Å². The Hall–Kier alpha value is -9.17. The largest absolute Gasteiger partial charge is 0.381 e. The van der Waals surface area contributed by atoms with Crippen LogP contribution in [0.4, 0.5) is 74.2 Å². The van der Waals surface area contributed by atoms with Gasteiger partial charge in [-0.25, -0.2) is 19.3 Å². The lowest BCUT2D eigenvalue weighted by Crippen LogP contribution is -2.43. The number of nitrogens with one attached hydrogen (secondary N) is 9. The molecule has 0 bridgehead atoms. The second-order valence-electron chi connectivity index (χ2n) is 30.7. The molecule has 0 unspecified atom stereocenters. The highest BCUT2D eigenvalue weighted by atomic mass is 35.5. The van der Waals surface area contributed by atoms with E-state index in [4.69, 9.17) is 49.0 Å². The number of aromatic amines is 3. The van der Waals surface area contributed by atoms with Crippen molar-refractivity contribution >= 4 is 116 Å². The summed E-state index contributed by atoms with van der Waals surface area (Å²) < 4.78 is 31.5. The van der Waals surface area contributed by atoms with Crippen molar-refractivity contribution in [1.29, 1.82) is 0 Å². The van der Waals surface area contributed by atoms with E-state index >= 15 is 4.39 Å². The van der Waals surface area contributed by atoms with E-state index in [9.17, 15) is 9.59 Å². The Morgan fingerprint density at radius 3 is 1.18 bits per heavy atom. The van der Waals surface area contributed by atoms with Crippen molar-refractivity contribution in [2.75, 3.05) is 150 Å². The van der Waals surface area contributed by atoms with Gasteiger partial charge < -0.3 is 60.8 Å². The number of benzene rings is 3. The van der Waals surface area contributed by atoms with E-state index in [0.29, 0.717) is 110 Å². The molecule has 0 radical (unpaired) electrons. The maximum absolute atomic E-state index is 15.2. The minimum atomic E-state index is -0.312. The van der Waals surface area contributed by atoms with Crippen LogP contribution in [0.5, 0.6) is 0 Å². The molecule has 0 spiro atoms. The number of hydrogen-bond acceptors (Lipinski definition) is 23. The third-order valence-corrected chi connectivity index (χ3v) is 23.2. The molecule has 6 saturated heterocycles. The standard InChI is InChI=1S/C29H39ClN8O2.C28H37ClN8O2.C25H31ClFN7O/c1-19-16-25(32-29-31-18-24(30)28(34-29)33-26-17-21(3)35-36-26)20(2)15-23(19)22-6-9-38(10-7-22)27(39)5-4-8-37-11-13-40-14-12-37;1-18-15-24(31-28-30-17-23(29)27(33-28)32-25-16-20(3)34-35-25)19(2)14-22(18)21-4-8-37(9-5-21)26(38)6-7-36-10-12-39-13-11-36;1-15-11-22(29-25-28-14-20(26)24(31-25)30-23-12-16(2)32-33-23)21(27)13-19(15)17-3-7-34(8-4-17)18-5-9-35-10-6-18/h15-18,22H,4-14H2,1-3H3,(H3,31,32,33,34,35,36);14-17,21H,4-13H2,1-3H3,(H3,30,31,32,33,34,35);11-14,17-18H,3-10H2,1-2H3,(H3,28,29,30,31,32,33). The second-order valence-corrected chi connectivity index (χ2v) is 31.9. The number of carbonyl (C=O) groups excluding carboxylic acids is 2. The Morgan fingerprint density at radius 2 is 0.781 bits per heavy atom. The maximum atomic E-state index is 15.2. The molecule has 28 nitrogen and oxygen atoms in total. The van der Waals surface area contributed by atoms with E-state index in [0.717, 1.165) is 227 Å². The van der Waals surface area contributed by atoms with Crippen LogP contribution in [0.2, 0.25) is 15.1 Å². The van der Waals surface area contributed by atoms with Crippen LogP contribution < -0.4 is 31.9 Å². The third-order valence-electron chi connectivity index (χ3n) is 22.4. The summed E-state index contributed by atoms with van der Waals surface area (Å²) in [6.45, 7) is 32.1. The van der Waals surface area contributed by atoms with E-state index in [1.54, 1.807) is 18.5 Å². The van der Waals surface area contributed by atoms with E-state index < -0.39 is 0 Å². The number of likely N-dealkylation sites (tertiary alicyclic amines) is 3. The molecule has 12 heterocycles. The predicted molar refractivity (Wildman–Crippen MR) is 447 cm³/mol. The molecule has 6 aliphatic rings. The summed E-state index contributed by atoms with van der Waals surface area (Å²) in [6, 6.07) is 18.6. The summed E-state index contributed by atoms with van der Waals surface area (Å²) in [6.07, 6.45) is 15.0. The highest BCUT2D eigenvalue weighted by Crippen LogP contribution is 2.39. The Morgan fingerprint density at radius 1 is 0.421 bits per heavy atom. The lowest BCUT2D eigenvalue weighted by molar-refractivity contribution is -0.133. The summed E-state index contributed by atoms with van der Waals surface area (Å²) in [7, 11) is 0. The lowest BCUT2D eigenvalue weighted by Gasteiger charge is -2.39. The predicted octanol–water partition coefficient (Wildman–Crippen LogP) is 15.2. The van der Waals surface area contributed by atoms with Crippen LogP contribution in [0.1, 0.15) is 150 Å². The summed E-state index contributed by atoms with van der Waals surface area (Å²) >= 11 is 18.9. The van der Waals surface area contributed by atoms with E-state index in [2.05, 4.69) is 164 Å². The van der Waals surface area contributed by atoms with Crippen LogP contribution in [-0.2, 0) is 23.8 Å². The number of rotatable bonds is 23. The first-order chi connectivity index (χ1) is 55.2. The SMILES string of the molecule is Cc1cc(Nc2nc(Nc3cc(C)c(C4CCN(C(=O)CCCN5CCOCC5)CC4)cc3C)ncc2Cl)n[nH]1.Cc1cc(Nc2nc(Nc3cc(C)c(C4CCN(C(=O)CCN5CCOCC5)CC4)cc3C)ncc2Cl)n[nH]1.Cc1cc(Nc2nc(Nc3cc(C)c(C4CCN(C5CCOCC5)CC4)cc3F)ncc2Cl)n[nH]1. The number of H-pyrrole nitrogens is 3. The quantitative estimate of drug-likeness (QED) is 0.0287. The first-order valence-corrected chi connectivity index (χ1v) is 41.1. The number of carbonyl (C=O) groups is 2. The molecule has 6 aromatic heterocycles. The van der Waals surface area contributed by atoms with Gasteiger partial charge in [0.2, 0.25) is 29.7 Å². The van der Waals surface area contributed by atoms with Gasteiger partial charge in [0, 0.05) is 138 Å². The number of nitrogens with zero attached hydrogens (tertiary/aromatic N) is 14. The number of halogens is 4. The topological polar surface area (TPSA) is 314 Å². The zero-order valence-electron chi connectivity index (χ0n) is 66.6. The fourth-order valence-corrected chi connectivity index (χ4v) is 16.4. The number of anilines is 12. The molecule has 114 heavy (non-hydrogen) atoms. The van der Waals surface area contributed by atoms with Crippen molar-refractivity contribution < 1.29 is 28.2 Å². The average Bonchev–Trinajstić information content (AvgIpc) is 1.09. The van der Waals surface area contributed by atoms with E-state index in [1.165, 1.54) is 28.5 Å². The van der Waals surface area contributed by atoms with Crippen molar-refractivity contribution in [2.45, 2.75) is 150 Å².